The molecule has 0 N–H and O–H groups in total. The van der Waals surface area contributed by atoms with Gasteiger partial charge in [0.25, 0.3) is 0 Å². The monoisotopic (exact) mass is 455 g/mol. The Labute approximate surface area is 179 Å². The minimum Gasteiger partial charge on any atom is -0.406 e. The first-order valence-corrected chi connectivity index (χ1v) is 11.6. The highest BCUT2D eigenvalue weighted by atomic mass is 32.2. The standard InChI is InChI=1S/C21H24F3N3O3S/c22-21(23,24)30-18-5-7-19(8-6-18)31(28,29)27-15-12-25(13-16-27)11-14-26-10-9-17-3-1-2-4-20(17)26/h1-8H,9-16H2. The van der Waals surface area contributed by atoms with Gasteiger partial charge in [-0.1, -0.05) is 18.2 Å². The number of nitrogens with zero attached hydrogens (tertiary/aromatic N) is 3. The molecular formula is C21H24F3N3O3S. The second kappa shape index (κ2) is 8.68. The van der Waals surface area contributed by atoms with Gasteiger partial charge in [-0.25, -0.2) is 8.42 Å². The Morgan fingerprint density at radius 1 is 0.871 bits per heavy atom. The molecule has 2 aromatic carbocycles. The van der Waals surface area contributed by atoms with E-state index in [1.54, 1.807) is 0 Å². The number of alkyl halides is 3. The second-order valence-electron chi connectivity index (χ2n) is 7.63. The summed E-state index contributed by atoms with van der Waals surface area (Å²) in [4.78, 5) is 4.57. The fourth-order valence-electron chi connectivity index (χ4n) is 4.06. The zero-order valence-corrected chi connectivity index (χ0v) is 17.7. The lowest BCUT2D eigenvalue weighted by molar-refractivity contribution is -0.274. The normalized spacial score (nSPS) is 18.2. The SMILES string of the molecule is O=S(=O)(c1ccc(OC(F)(F)F)cc1)N1CCN(CCN2CCc3ccccc32)CC1. The number of hydrogen-bond acceptors (Lipinski definition) is 5. The summed E-state index contributed by atoms with van der Waals surface area (Å²) < 4.78 is 67.7. The predicted octanol–water partition coefficient (Wildman–Crippen LogP) is 2.95. The van der Waals surface area contributed by atoms with E-state index in [0.29, 0.717) is 26.2 Å². The van der Waals surface area contributed by atoms with E-state index in [4.69, 9.17) is 0 Å². The molecule has 0 aromatic heterocycles. The number of sulfonamides is 1. The number of hydrogen-bond donors (Lipinski definition) is 0. The van der Waals surface area contributed by atoms with Gasteiger partial charge >= 0.3 is 6.36 Å². The summed E-state index contributed by atoms with van der Waals surface area (Å²) in [6.07, 6.45) is -3.76. The number of rotatable bonds is 6. The number of ether oxygens (including phenoxy) is 1. The Morgan fingerprint density at radius 3 is 2.23 bits per heavy atom. The van der Waals surface area contributed by atoms with Crippen LogP contribution < -0.4 is 9.64 Å². The fraction of sp³-hybridized carbons (Fsp3) is 0.429. The molecule has 1 saturated heterocycles. The van der Waals surface area contributed by atoms with E-state index in [9.17, 15) is 21.6 Å². The van der Waals surface area contributed by atoms with Gasteiger partial charge in [0.15, 0.2) is 0 Å². The van der Waals surface area contributed by atoms with Gasteiger partial charge in [0.1, 0.15) is 5.75 Å². The van der Waals surface area contributed by atoms with Gasteiger partial charge < -0.3 is 9.64 Å². The Kier molecular flexibility index (Phi) is 6.14. The largest absolute Gasteiger partial charge is 0.573 e. The van der Waals surface area contributed by atoms with E-state index in [2.05, 4.69) is 32.7 Å². The molecule has 0 radical (unpaired) electrons. The van der Waals surface area contributed by atoms with Gasteiger partial charge in [0.2, 0.25) is 10.0 Å². The Hall–Kier alpha value is -2.30. The van der Waals surface area contributed by atoms with Gasteiger partial charge in [-0.3, -0.25) is 4.90 Å². The predicted molar refractivity (Wildman–Crippen MR) is 111 cm³/mol. The lowest BCUT2D eigenvalue weighted by Gasteiger charge is -2.35. The molecule has 1 fully saturated rings. The van der Waals surface area contributed by atoms with E-state index in [0.717, 1.165) is 50.3 Å². The van der Waals surface area contributed by atoms with Crippen molar-refractivity contribution in [1.29, 1.82) is 0 Å². The van der Waals surface area contributed by atoms with Crippen LogP contribution >= 0.6 is 0 Å². The van der Waals surface area contributed by atoms with Gasteiger partial charge in [-0.05, 0) is 42.3 Å². The minimum atomic E-state index is -4.81. The van der Waals surface area contributed by atoms with Crippen molar-refractivity contribution in [3.8, 4) is 5.75 Å². The molecule has 4 rings (SSSR count). The Bertz CT molecular complexity index is 1000. The number of piperazine rings is 1. The maximum Gasteiger partial charge on any atom is 0.573 e. The second-order valence-corrected chi connectivity index (χ2v) is 9.57. The molecule has 2 aliphatic rings. The highest BCUT2D eigenvalue weighted by Crippen LogP contribution is 2.28. The van der Waals surface area contributed by atoms with Gasteiger partial charge in [-0.2, -0.15) is 4.31 Å². The summed E-state index contributed by atoms with van der Waals surface area (Å²) in [6, 6.07) is 12.7. The average molecular weight is 456 g/mol. The van der Waals surface area contributed by atoms with E-state index in [1.165, 1.54) is 15.6 Å². The molecular weight excluding hydrogens is 431 g/mol. The van der Waals surface area contributed by atoms with Crippen LogP contribution in [0, 0.1) is 0 Å². The summed E-state index contributed by atoms with van der Waals surface area (Å²) in [7, 11) is -3.76. The zero-order valence-electron chi connectivity index (χ0n) is 16.9. The van der Waals surface area contributed by atoms with Crippen LogP contribution in [0.4, 0.5) is 18.9 Å². The molecule has 0 amide bonds. The van der Waals surface area contributed by atoms with Crippen LogP contribution in [0.25, 0.3) is 0 Å². The molecule has 31 heavy (non-hydrogen) atoms. The van der Waals surface area contributed by atoms with Crippen molar-refractivity contribution >= 4 is 15.7 Å². The first-order chi connectivity index (χ1) is 14.7. The van der Waals surface area contributed by atoms with Crippen LogP contribution in [-0.2, 0) is 16.4 Å². The molecule has 6 nitrogen and oxygen atoms in total. The number of fused-ring (bicyclic) bond motifs is 1. The van der Waals surface area contributed by atoms with Crippen LogP contribution in [0.5, 0.6) is 5.75 Å². The third kappa shape index (κ3) is 5.13. The zero-order chi connectivity index (χ0) is 22.1. The molecule has 0 aliphatic carbocycles. The summed E-state index contributed by atoms with van der Waals surface area (Å²) in [5.41, 5.74) is 2.65. The third-order valence-corrected chi connectivity index (χ3v) is 7.61. The van der Waals surface area contributed by atoms with Gasteiger partial charge in [0.05, 0.1) is 4.90 Å². The summed E-state index contributed by atoms with van der Waals surface area (Å²) in [5.74, 6) is -0.445. The van der Waals surface area contributed by atoms with Gasteiger partial charge in [0, 0.05) is 51.5 Å². The first-order valence-electron chi connectivity index (χ1n) is 10.1. The summed E-state index contributed by atoms with van der Waals surface area (Å²) >= 11 is 0. The van der Waals surface area contributed by atoms with E-state index in [-0.39, 0.29) is 4.90 Å². The van der Waals surface area contributed by atoms with Crippen molar-refractivity contribution in [1.82, 2.24) is 9.21 Å². The topological polar surface area (TPSA) is 53.1 Å². The Morgan fingerprint density at radius 2 is 1.55 bits per heavy atom. The maximum atomic E-state index is 12.8. The molecule has 2 aromatic rings. The smallest absolute Gasteiger partial charge is 0.406 e. The van der Waals surface area contributed by atoms with Gasteiger partial charge in [-0.15, -0.1) is 13.2 Å². The highest BCUT2D eigenvalue weighted by Gasteiger charge is 2.32. The molecule has 0 atom stereocenters. The lowest BCUT2D eigenvalue weighted by Crippen LogP contribution is -2.50. The number of benzene rings is 2. The molecule has 0 bridgehead atoms. The van der Waals surface area contributed by atoms with Crippen LogP contribution in [0.1, 0.15) is 5.56 Å². The third-order valence-electron chi connectivity index (χ3n) is 5.70. The first kappa shape index (κ1) is 21.9. The molecule has 0 spiro atoms. The van der Waals surface area contributed by atoms with Crippen LogP contribution in [0.15, 0.2) is 53.4 Å². The van der Waals surface area contributed by atoms with Crippen molar-refractivity contribution in [2.24, 2.45) is 0 Å². The van der Waals surface area contributed by atoms with Crippen molar-refractivity contribution in [3.63, 3.8) is 0 Å². The highest BCUT2D eigenvalue weighted by molar-refractivity contribution is 7.89. The van der Waals surface area contributed by atoms with E-state index in [1.807, 2.05) is 6.07 Å². The van der Waals surface area contributed by atoms with E-state index >= 15 is 0 Å². The van der Waals surface area contributed by atoms with Crippen molar-refractivity contribution in [3.05, 3.63) is 54.1 Å². The molecule has 2 aliphatic heterocycles. The molecule has 2 heterocycles. The number of halogens is 3. The summed E-state index contributed by atoms with van der Waals surface area (Å²) in [6.45, 7) is 4.67. The van der Waals surface area contributed by atoms with Crippen molar-refractivity contribution < 1.29 is 26.3 Å². The molecule has 0 unspecified atom stereocenters. The average Bonchev–Trinajstić information content (AvgIpc) is 3.15. The molecule has 0 saturated carbocycles. The maximum absolute atomic E-state index is 12.8. The van der Waals surface area contributed by atoms with E-state index < -0.39 is 22.1 Å². The Balaban J connectivity index is 1.30. The summed E-state index contributed by atoms with van der Waals surface area (Å²) in [5, 5.41) is 0. The quantitative estimate of drug-likeness (QED) is 0.671. The van der Waals surface area contributed by atoms with Crippen LogP contribution in [0.2, 0.25) is 0 Å². The van der Waals surface area contributed by atoms with Crippen LogP contribution in [-0.4, -0.2) is 69.8 Å². The number of para-hydroxylation sites is 1. The number of anilines is 1. The molecule has 168 valence electrons. The van der Waals surface area contributed by atoms with Crippen LogP contribution in [0.3, 0.4) is 0 Å². The van der Waals surface area contributed by atoms with Crippen molar-refractivity contribution in [2.45, 2.75) is 17.7 Å². The van der Waals surface area contributed by atoms with Crippen molar-refractivity contribution in [2.75, 3.05) is 50.7 Å². The minimum absolute atomic E-state index is 0.0378. The molecule has 10 heteroatoms. The fourth-order valence-corrected chi connectivity index (χ4v) is 5.48. The lowest BCUT2D eigenvalue weighted by atomic mass is 10.2.